The molecule has 5 rings (SSSR count). The molecule has 0 spiro atoms. The summed E-state index contributed by atoms with van der Waals surface area (Å²) in [6.07, 6.45) is 1.71. The second-order valence-electron chi connectivity index (χ2n) is 9.22. The summed E-state index contributed by atoms with van der Waals surface area (Å²) in [5, 5.41) is 15.8. The largest absolute Gasteiger partial charge is 0.391 e. The van der Waals surface area contributed by atoms with E-state index in [1.54, 1.807) is 22.7 Å². The normalized spacial score (nSPS) is 11.4. The van der Waals surface area contributed by atoms with Crippen molar-refractivity contribution in [1.82, 2.24) is 19.6 Å². The summed E-state index contributed by atoms with van der Waals surface area (Å²) < 4.78 is 3.62. The lowest BCUT2D eigenvalue weighted by molar-refractivity contribution is 0.131. The van der Waals surface area contributed by atoms with Crippen LogP contribution in [-0.4, -0.2) is 25.8 Å². The average Bonchev–Trinajstić information content (AvgIpc) is 3.38. The third kappa shape index (κ3) is 6.06. The number of hydrogen-bond donors (Lipinski definition) is 0. The molecule has 6 nitrogen and oxygen atoms in total. The number of nitrogens with zero attached hydrogens (tertiary/aromatic N) is 5. The number of oxime groups is 1. The molecule has 2 aromatic heterocycles. The second kappa shape index (κ2) is 11.7. The Bertz CT molecular complexity index is 1620. The number of aromatic nitrogens is 4. The number of hydrogen-bond acceptors (Lipinski definition) is 5. The van der Waals surface area contributed by atoms with Crippen molar-refractivity contribution in [3.8, 4) is 11.4 Å². The highest BCUT2D eigenvalue weighted by molar-refractivity contribution is 7.99. The molecule has 0 fully saturated rings. The SMILES string of the molecule is Cc1ccc(Sc2c(/C=N/OCc3c(C)nn(-c4ccc(C)cc4)c3Cl)c(C)nn2-c2ccc(Cl)cc2)cc1. The van der Waals surface area contributed by atoms with Gasteiger partial charge in [0.05, 0.1) is 40.1 Å². The molecular formula is C30H27Cl2N5OS. The molecule has 198 valence electrons. The Morgan fingerprint density at radius 2 is 1.33 bits per heavy atom. The Hall–Kier alpha value is -3.52. The van der Waals surface area contributed by atoms with Crippen molar-refractivity contribution in [2.75, 3.05) is 0 Å². The maximum absolute atomic E-state index is 6.68. The predicted molar refractivity (Wildman–Crippen MR) is 159 cm³/mol. The molecule has 0 aliphatic rings. The topological polar surface area (TPSA) is 57.2 Å². The van der Waals surface area contributed by atoms with Crippen LogP contribution in [0.2, 0.25) is 10.2 Å². The number of rotatable bonds is 8. The highest BCUT2D eigenvalue weighted by Crippen LogP contribution is 2.34. The third-order valence-electron chi connectivity index (χ3n) is 6.23. The Kier molecular flexibility index (Phi) is 8.12. The Morgan fingerprint density at radius 3 is 2.00 bits per heavy atom. The highest BCUT2D eigenvalue weighted by Gasteiger charge is 2.18. The van der Waals surface area contributed by atoms with Gasteiger partial charge >= 0.3 is 0 Å². The molecule has 3 aromatic carbocycles. The van der Waals surface area contributed by atoms with E-state index < -0.39 is 0 Å². The zero-order chi connectivity index (χ0) is 27.5. The van der Waals surface area contributed by atoms with Gasteiger partial charge in [-0.05, 0) is 76.2 Å². The predicted octanol–water partition coefficient (Wildman–Crippen LogP) is 8.30. The van der Waals surface area contributed by atoms with Gasteiger partial charge in [-0.25, -0.2) is 9.36 Å². The van der Waals surface area contributed by atoms with Gasteiger partial charge in [0, 0.05) is 9.92 Å². The first kappa shape index (κ1) is 27.1. The monoisotopic (exact) mass is 575 g/mol. The molecule has 0 N–H and O–H groups in total. The zero-order valence-electron chi connectivity index (χ0n) is 22.0. The van der Waals surface area contributed by atoms with Crippen molar-refractivity contribution in [3.63, 3.8) is 0 Å². The van der Waals surface area contributed by atoms with E-state index in [9.17, 15) is 0 Å². The molecule has 0 bridgehead atoms. The molecule has 2 heterocycles. The van der Waals surface area contributed by atoms with Gasteiger partial charge in [0.1, 0.15) is 16.8 Å². The molecule has 0 unspecified atom stereocenters. The van der Waals surface area contributed by atoms with Gasteiger partial charge < -0.3 is 4.84 Å². The molecule has 0 atom stereocenters. The summed E-state index contributed by atoms with van der Waals surface area (Å²) in [6, 6.07) is 24.0. The zero-order valence-corrected chi connectivity index (χ0v) is 24.3. The average molecular weight is 577 g/mol. The molecule has 0 amide bonds. The van der Waals surface area contributed by atoms with Crippen LogP contribution in [0, 0.1) is 27.7 Å². The Labute approximate surface area is 242 Å². The van der Waals surface area contributed by atoms with E-state index in [0.29, 0.717) is 10.2 Å². The summed E-state index contributed by atoms with van der Waals surface area (Å²) in [6.45, 7) is 8.18. The van der Waals surface area contributed by atoms with Crippen LogP contribution in [0.4, 0.5) is 0 Å². The molecule has 0 aliphatic carbocycles. The van der Waals surface area contributed by atoms with Crippen LogP contribution in [0.3, 0.4) is 0 Å². The van der Waals surface area contributed by atoms with E-state index in [0.717, 1.165) is 43.8 Å². The molecule has 0 aliphatic heterocycles. The van der Waals surface area contributed by atoms with Crippen LogP contribution in [0.1, 0.15) is 33.6 Å². The minimum Gasteiger partial charge on any atom is -0.391 e. The van der Waals surface area contributed by atoms with Gasteiger partial charge in [0.15, 0.2) is 0 Å². The smallest absolute Gasteiger partial charge is 0.147 e. The van der Waals surface area contributed by atoms with Crippen molar-refractivity contribution in [1.29, 1.82) is 0 Å². The van der Waals surface area contributed by atoms with E-state index in [4.69, 9.17) is 33.1 Å². The Morgan fingerprint density at radius 1 is 0.769 bits per heavy atom. The van der Waals surface area contributed by atoms with Gasteiger partial charge in [-0.3, -0.25) is 0 Å². The summed E-state index contributed by atoms with van der Waals surface area (Å²) in [5.41, 5.74) is 7.45. The highest BCUT2D eigenvalue weighted by atomic mass is 35.5. The second-order valence-corrected chi connectivity index (χ2v) is 11.1. The summed E-state index contributed by atoms with van der Waals surface area (Å²) >= 11 is 14.4. The molecule has 9 heteroatoms. The molecule has 0 saturated carbocycles. The minimum atomic E-state index is 0.192. The van der Waals surface area contributed by atoms with Crippen LogP contribution in [0.15, 0.2) is 87.9 Å². The van der Waals surface area contributed by atoms with Crippen LogP contribution in [0.25, 0.3) is 11.4 Å². The van der Waals surface area contributed by atoms with Crippen molar-refractivity contribution < 1.29 is 4.84 Å². The maximum Gasteiger partial charge on any atom is 0.147 e. The van der Waals surface area contributed by atoms with Crippen LogP contribution < -0.4 is 0 Å². The van der Waals surface area contributed by atoms with Crippen molar-refractivity contribution >= 4 is 41.2 Å². The first-order valence-corrected chi connectivity index (χ1v) is 13.9. The van der Waals surface area contributed by atoms with Crippen LogP contribution in [-0.2, 0) is 11.4 Å². The molecular weight excluding hydrogens is 549 g/mol. The standard InChI is InChI=1S/C30H27Cl2N5OS/c1-19-5-11-24(12-6-19)36-29(32)28(22(4)34-36)18-38-33-17-27-21(3)35-37(25-13-9-23(31)10-14-25)30(27)39-26-15-7-20(2)8-16-26/h5-17H,18H2,1-4H3/b33-17+. The summed E-state index contributed by atoms with van der Waals surface area (Å²) in [4.78, 5) is 6.82. The molecule has 0 radical (unpaired) electrons. The first-order chi connectivity index (χ1) is 18.8. The minimum absolute atomic E-state index is 0.192. The maximum atomic E-state index is 6.68. The summed E-state index contributed by atoms with van der Waals surface area (Å²) in [5.74, 6) is 0. The van der Waals surface area contributed by atoms with E-state index in [1.807, 2.05) is 74.0 Å². The first-order valence-electron chi connectivity index (χ1n) is 12.4. The van der Waals surface area contributed by atoms with Gasteiger partial charge in [-0.2, -0.15) is 10.2 Å². The van der Waals surface area contributed by atoms with E-state index in [-0.39, 0.29) is 6.61 Å². The van der Waals surface area contributed by atoms with E-state index >= 15 is 0 Å². The third-order valence-corrected chi connectivity index (χ3v) is 7.97. The lowest BCUT2D eigenvalue weighted by Gasteiger charge is -2.09. The summed E-state index contributed by atoms with van der Waals surface area (Å²) in [7, 11) is 0. The van der Waals surface area contributed by atoms with E-state index in [2.05, 4.69) is 41.4 Å². The van der Waals surface area contributed by atoms with Crippen molar-refractivity contribution in [3.05, 3.63) is 117 Å². The number of halogens is 2. The van der Waals surface area contributed by atoms with Crippen molar-refractivity contribution in [2.24, 2.45) is 5.16 Å². The molecule has 5 aromatic rings. The quantitative estimate of drug-likeness (QED) is 0.138. The fourth-order valence-electron chi connectivity index (χ4n) is 3.98. The van der Waals surface area contributed by atoms with Crippen LogP contribution >= 0.6 is 35.0 Å². The lowest BCUT2D eigenvalue weighted by Crippen LogP contribution is -1.99. The van der Waals surface area contributed by atoms with E-state index in [1.165, 1.54) is 11.1 Å². The van der Waals surface area contributed by atoms with Gasteiger partial charge in [0.25, 0.3) is 0 Å². The fourth-order valence-corrected chi connectivity index (χ4v) is 5.48. The molecule has 0 saturated heterocycles. The van der Waals surface area contributed by atoms with Crippen molar-refractivity contribution in [2.45, 2.75) is 44.2 Å². The number of benzene rings is 3. The Balaban J connectivity index is 1.40. The van der Waals surface area contributed by atoms with Gasteiger partial charge in [-0.15, -0.1) is 0 Å². The van der Waals surface area contributed by atoms with Gasteiger partial charge in [0.2, 0.25) is 0 Å². The van der Waals surface area contributed by atoms with Gasteiger partial charge in [-0.1, -0.05) is 75.5 Å². The fraction of sp³-hybridized carbons (Fsp3) is 0.167. The lowest BCUT2D eigenvalue weighted by atomic mass is 10.2. The molecule has 39 heavy (non-hydrogen) atoms. The number of aryl methyl sites for hydroxylation is 4. The van der Waals surface area contributed by atoms with Crippen LogP contribution in [0.5, 0.6) is 0 Å².